The Hall–Kier alpha value is -1.47. The summed E-state index contributed by atoms with van der Waals surface area (Å²) in [5.74, 6) is 3.48. The fraction of sp³-hybridized carbons (Fsp3) is 0.308. The van der Waals surface area contributed by atoms with E-state index in [1.165, 1.54) is 11.8 Å². The number of terminal acetylenes is 1. The first kappa shape index (κ1) is 15.6. The van der Waals surface area contributed by atoms with Gasteiger partial charge in [0.2, 0.25) is 10.0 Å². The van der Waals surface area contributed by atoms with Crippen molar-refractivity contribution >= 4 is 21.8 Å². The molecule has 0 aliphatic heterocycles. The lowest BCUT2D eigenvalue weighted by molar-refractivity contribution is 0.583. The first-order chi connectivity index (χ1) is 9.09. The molecule has 0 unspecified atom stereocenters. The normalized spacial score (nSPS) is 10.6. The second-order valence-corrected chi connectivity index (χ2v) is 6.59. The number of nitrogens with zero attached hydrogens (tertiary/aromatic N) is 1. The summed E-state index contributed by atoms with van der Waals surface area (Å²) in [5, 5.41) is 8.90. The van der Waals surface area contributed by atoms with Crippen LogP contribution in [0.1, 0.15) is 11.1 Å². The maximum atomic E-state index is 11.8. The molecule has 0 aromatic heterocycles. The van der Waals surface area contributed by atoms with Crippen LogP contribution < -0.4 is 4.72 Å². The van der Waals surface area contributed by atoms with Crippen molar-refractivity contribution in [2.24, 2.45) is 0 Å². The Kier molecular flexibility index (Phi) is 6.44. The predicted molar refractivity (Wildman–Crippen MR) is 77.9 cm³/mol. The van der Waals surface area contributed by atoms with Gasteiger partial charge in [-0.1, -0.05) is 24.1 Å². The average molecular weight is 294 g/mol. The van der Waals surface area contributed by atoms with Crippen LogP contribution in [-0.2, 0) is 15.8 Å². The topological polar surface area (TPSA) is 70.0 Å². The molecule has 0 heterocycles. The molecule has 0 atom stereocenters. The summed E-state index contributed by atoms with van der Waals surface area (Å²) in [6.45, 7) is 0.337. The molecule has 6 heteroatoms. The van der Waals surface area contributed by atoms with Crippen molar-refractivity contribution < 1.29 is 8.42 Å². The largest absolute Gasteiger partial charge is 0.215 e. The predicted octanol–water partition coefficient (Wildman–Crippen LogP) is 1.34. The van der Waals surface area contributed by atoms with Gasteiger partial charge in [0, 0.05) is 12.3 Å². The zero-order valence-corrected chi connectivity index (χ0v) is 11.9. The highest BCUT2D eigenvalue weighted by atomic mass is 32.2. The van der Waals surface area contributed by atoms with E-state index in [9.17, 15) is 8.42 Å². The quantitative estimate of drug-likeness (QED) is 0.608. The van der Waals surface area contributed by atoms with Crippen molar-refractivity contribution in [3.63, 3.8) is 0 Å². The van der Waals surface area contributed by atoms with Crippen molar-refractivity contribution in [1.82, 2.24) is 4.72 Å². The van der Waals surface area contributed by atoms with Crippen LogP contribution in [0.25, 0.3) is 0 Å². The van der Waals surface area contributed by atoms with Gasteiger partial charge in [-0.15, -0.1) is 18.2 Å². The molecule has 19 heavy (non-hydrogen) atoms. The van der Waals surface area contributed by atoms with E-state index in [1.807, 2.05) is 6.07 Å². The van der Waals surface area contributed by atoms with Crippen LogP contribution in [0.15, 0.2) is 24.3 Å². The highest BCUT2D eigenvalue weighted by molar-refractivity contribution is 7.99. The first-order valence-corrected chi connectivity index (χ1v) is 8.36. The lowest BCUT2D eigenvalue weighted by Gasteiger charge is -2.07. The van der Waals surface area contributed by atoms with Gasteiger partial charge in [-0.3, -0.25) is 0 Å². The summed E-state index contributed by atoms with van der Waals surface area (Å²) in [7, 11) is -3.42. The molecule has 1 aromatic rings. The zero-order chi connectivity index (χ0) is 14.1. The smallest absolute Gasteiger partial charge is 0.214 e. The summed E-state index contributed by atoms with van der Waals surface area (Å²) in [6.07, 6.45) is 5.09. The third-order valence-corrected chi connectivity index (χ3v) is 4.44. The van der Waals surface area contributed by atoms with Crippen LogP contribution in [0, 0.1) is 23.7 Å². The van der Waals surface area contributed by atoms with Gasteiger partial charge in [0.15, 0.2) is 0 Å². The average Bonchev–Trinajstić information content (AvgIpc) is 2.38. The van der Waals surface area contributed by atoms with E-state index in [4.69, 9.17) is 11.7 Å². The molecule has 0 bridgehead atoms. The van der Waals surface area contributed by atoms with E-state index in [0.717, 1.165) is 0 Å². The highest BCUT2D eigenvalue weighted by Crippen LogP contribution is 2.10. The summed E-state index contributed by atoms with van der Waals surface area (Å²) in [4.78, 5) is 0. The van der Waals surface area contributed by atoms with Crippen LogP contribution in [0.5, 0.6) is 0 Å². The van der Waals surface area contributed by atoms with Crippen LogP contribution in [0.2, 0.25) is 0 Å². The number of sulfonamides is 1. The van der Waals surface area contributed by atoms with Crippen molar-refractivity contribution in [3.8, 4) is 18.4 Å². The van der Waals surface area contributed by atoms with E-state index in [2.05, 4.69) is 10.6 Å². The Balaban J connectivity index is 2.56. The molecule has 0 radical (unpaired) electrons. The second kappa shape index (κ2) is 7.85. The van der Waals surface area contributed by atoms with Gasteiger partial charge in [0.05, 0.1) is 23.1 Å². The Bertz CT molecular complexity index is 598. The number of thioether (sulfide) groups is 1. The summed E-state index contributed by atoms with van der Waals surface area (Å²) >= 11 is 1.49. The molecule has 4 nitrogen and oxygen atoms in total. The van der Waals surface area contributed by atoms with Crippen molar-refractivity contribution in [3.05, 3.63) is 35.4 Å². The van der Waals surface area contributed by atoms with Crippen molar-refractivity contribution in [2.45, 2.75) is 5.75 Å². The minimum Gasteiger partial charge on any atom is -0.214 e. The van der Waals surface area contributed by atoms with Gasteiger partial charge in [-0.25, -0.2) is 13.1 Å². The van der Waals surface area contributed by atoms with E-state index >= 15 is 0 Å². The van der Waals surface area contributed by atoms with Crippen LogP contribution in [0.4, 0.5) is 0 Å². The number of hydrogen-bond acceptors (Lipinski definition) is 4. The molecule has 0 saturated heterocycles. The van der Waals surface area contributed by atoms with Gasteiger partial charge < -0.3 is 0 Å². The summed E-state index contributed by atoms with van der Waals surface area (Å²) < 4.78 is 26.2. The number of benzene rings is 1. The Morgan fingerprint density at radius 2 is 2.11 bits per heavy atom. The second-order valence-electron chi connectivity index (χ2n) is 3.68. The molecule has 0 amide bonds. The monoisotopic (exact) mass is 294 g/mol. The minimum absolute atomic E-state index is 0.184. The third-order valence-electron chi connectivity index (χ3n) is 2.24. The van der Waals surface area contributed by atoms with Gasteiger partial charge in [-0.05, 0) is 11.6 Å². The molecule has 1 N–H and O–H groups in total. The van der Waals surface area contributed by atoms with Gasteiger partial charge in [0.25, 0.3) is 0 Å². The molecule has 0 saturated carbocycles. The molecule has 1 aromatic carbocycles. The van der Waals surface area contributed by atoms with E-state index in [0.29, 0.717) is 29.2 Å². The SMILES string of the molecule is C#CCSCCNS(=O)(=O)Cc1ccccc1C#N. The molecule has 0 aliphatic carbocycles. The maximum Gasteiger partial charge on any atom is 0.215 e. The lowest BCUT2D eigenvalue weighted by Crippen LogP contribution is -2.27. The van der Waals surface area contributed by atoms with Gasteiger partial charge in [-0.2, -0.15) is 5.26 Å². The minimum atomic E-state index is -3.42. The Labute approximate surface area is 118 Å². The van der Waals surface area contributed by atoms with Crippen molar-refractivity contribution in [2.75, 3.05) is 18.1 Å². The Morgan fingerprint density at radius 1 is 1.37 bits per heavy atom. The van der Waals surface area contributed by atoms with Gasteiger partial charge >= 0.3 is 0 Å². The highest BCUT2D eigenvalue weighted by Gasteiger charge is 2.13. The lowest BCUT2D eigenvalue weighted by atomic mass is 10.1. The van der Waals surface area contributed by atoms with E-state index in [-0.39, 0.29) is 5.75 Å². The zero-order valence-electron chi connectivity index (χ0n) is 10.3. The fourth-order valence-corrected chi connectivity index (χ4v) is 3.23. The molecule has 0 fully saturated rings. The number of nitriles is 1. The van der Waals surface area contributed by atoms with Crippen molar-refractivity contribution in [1.29, 1.82) is 5.26 Å². The number of nitrogens with one attached hydrogen (secondary N) is 1. The van der Waals surface area contributed by atoms with Crippen LogP contribution in [-0.4, -0.2) is 26.5 Å². The third kappa shape index (κ3) is 5.80. The molecule has 0 aliphatic rings. The van der Waals surface area contributed by atoms with Crippen LogP contribution >= 0.6 is 11.8 Å². The molecule has 100 valence electrons. The Morgan fingerprint density at radius 3 is 2.79 bits per heavy atom. The fourth-order valence-electron chi connectivity index (χ4n) is 1.41. The van der Waals surface area contributed by atoms with E-state index in [1.54, 1.807) is 24.3 Å². The number of rotatable bonds is 7. The van der Waals surface area contributed by atoms with Crippen LogP contribution in [0.3, 0.4) is 0 Å². The molecular weight excluding hydrogens is 280 g/mol. The molecular formula is C13H14N2O2S2. The van der Waals surface area contributed by atoms with E-state index < -0.39 is 10.0 Å². The molecule has 0 spiro atoms. The summed E-state index contributed by atoms with van der Waals surface area (Å²) in [6, 6.07) is 8.66. The number of hydrogen-bond donors (Lipinski definition) is 1. The summed E-state index contributed by atoms with van der Waals surface area (Å²) in [5.41, 5.74) is 0.892. The standard InChI is InChI=1S/C13H14N2O2S2/c1-2-8-18-9-7-15-19(16,17)11-13-6-4-3-5-12(13)10-14/h1,3-6,15H,7-9,11H2. The maximum absolute atomic E-state index is 11.8. The van der Waals surface area contributed by atoms with Gasteiger partial charge in [0.1, 0.15) is 0 Å². The first-order valence-electron chi connectivity index (χ1n) is 5.55. The molecule has 1 rings (SSSR count).